The van der Waals surface area contributed by atoms with Crippen LogP contribution in [0.2, 0.25) is 18.1 Å². The quantitative estimate of drug-likeness (QED) is 0.209. The van der Waals surface area contributed by atoms with Crippen LogP contribution >= 0.6 is 0 Å². The topological polar surface area (TPSA) is 93.0 Å². The molecule has 0 unspecified atom stereocenters. The Morgan fingerprint density at radius 3 is 2.47 bits per heavy atom. The van der Waals surface area contributed by atoms with Crippen LogP contribution in [0, 0.1) is 0 Å². The fraction of sp³-hybridized carbons (Fsp3) is 0.500. The minimum atomic E-state index is -2.09. The number of hydrogen-bond donors (Lipinski definition) is 3. The predicted molar refractivity (Wildman–Crippen MR) is 155 cm³/mol. The zero-order valence-corrected chi connectivity index (χ0v) is 25.1. The van der Waals surface area contributed by atoms with Crippen LogP contribution in [0.1, 0.15) is 67.9 Å². The summed E-state index contributed by atoms with van der Waals surface area (Å²) in [6.45, 7) is 15.8. The zero-order chi connectivity index (χ0) is 28.3. The fourth-order valence-corrected chi connectivity index (χ4v) is 5.64. The number of nitrogens with one attached hydrogen (secondary N) is 1. The SMILES string of the molecule is CCOC(=O)c1cc2cc(C[C@@H](C)NC[C@H](O[Si](C)(C)C(C)(C)C)c3ccc(O)c(CO)c3)ccc2n1C. The van der Waals surface area contributed by atoms with Gasteiger partial charge in [-0.1, -0.05) is 32.9 Å². The number of fused-ring (bicyclic) bond motifs is 1. The van der Waals surface area contributed by atoms with Crippen molar-refractivity contribution >= 4 is 25.2 Å². The van der Waals surface area contributed by atoms with E-state index in [0.29, 0.717) is 24.4 Å². The molecule has 8 heteroatoms. The summed E-state index contributed by atoms with van der Waals surface area (Å²) >= 11 is 0. The van der Waals surface area contributed by atoms with Crippen molar-refractivity contribution in [3.63, 3.8) is 0 Å². The molecule has 1 heterocycles. The van der Waals surface area contributed by atoms with E-state index in [1.54, 1.807) is 6.07 Å². The average molecular weight is 541 g/mol. The maximum atomic E-state index is 12.3. The van der Waals surface area contributed by atoms with Crippen LogP contribution in [0.4, 0.5) is 0 Å². The lowest BCUT2D eigenvalue weighted by atomic mass is 10.0. The minimum Gasteiger partial charge on any atom is -0.508 e. The van der Waals surface area contributed by atoms with Gasteiger partial charge in [-0.05, 0) is 79.9 Å². The molecule has 0 aliphatic heterocycles. The van der Waals surface area contributed by atoms with E-state index in [-0.39, 0.29) is 35.5 Å². The maximum absolute atomic E-state index is 12.3. The molecule has 208 valence electrons. The van der Waals surface area contributed by atoms with Crippen LogP contribution in [0.15, 0.2) is 42.5 Å². The molecule has 3 N–H and O–H groups in total. The number of nitrogens with zero attached hydrogens (tertiary/aromatic N) is 1. The number of aliphatic hydroxyl groups excluding tert-OH is 1. The van der Waals surface area contributed by atoms with E-state index in [1.807, 2.05) is 36.7 Å². The molecule has 1 aromatic heterocycles. The number of rotatable bonds is 11. The number of aliphatic hydroxyl groups is 1. The third-order valence-electron chi connectivity index (χ3n) is 7.67. The first-order valence-corrected chi connectivity index (χ1v) is 16.3. The summed E-state index contributed by atoms with van der Waals surface area (Å²) in [5.74, 6) is -0.222. The molecular formula is C30H44N2O5Si. The number of aryl methyl sites for hydroxylation is 1. The highest BCUT2D eigenvalue weighted by molar-refractivity contribution is 6.74. The van der Waals surface area contributed by atoms with Gasteiger partial charge in [-0.25, -0.2) is 4.79 Å². The van der Waals surface area contributed by atoms with Crippen LogP contribution in [-0.4, -0.2) is 48.3 Å². The highest BCUT2D eigenvalue weighted by Gasteiger charge is 2.39. The van der Waals surface area contributed by atoms with Gasteiger partial charge in [-0.2, -0.15) is 0 Å². The molecule has 0 radical (unpaired) electrons. The Hall–Kier alpha value is -2.65. The molecule has 2 aromatic carbocycles. The lowest BCUT2D eigenvalue weighted by Gasteiger charge is -2.40. The molecule has 7 nitrogen and oxygen atoms in total. The van der Waals surface area contributed by atoms with E-state index in [1.165, 1.54) is 5.56 Å². The van der Waals surface area contributed by atoms with E-state index < -0.39 is 8.32 Å². The van der Waals surface area contributed by atoms with Crippen molar-refractivity contribution in [3.8, 4) is 5.75 Å². The van der Waals surface area contributed by atoms with Gasteiger partial charge in [0.25, 0.3) is 0 Å². The average Bonchev–Trinajstić information content (AvgIpc) is 3.17. The summed E-state index contributed by atoms with van der Waals surface area (Å²) in [4.78, 5) is 12.3. The largest absolute Gasteiger partial charge is 0.508 e. The number of aromatic hydroxyl groups is 1. The smallest absolute Gasteiger partial charge is 0.354 e. The third kappa shape index (κ3) is 6.85. The molecule has 3 rings (SSSR count). The number of phenols is 1. The number of carbonyl (C=O) groups is 1. The Morgan fingerprint density at radius 2 is 1.84 bits per heavy atom. The van der Waals surface area contributed by atoms with E-state index in [0.717, 1.165) is 22.9 Å². The van der Waals surface area contributed by atoms with Gasteiger partial charge in [0.15, 0.2) is 8.32 Å². The van der Waals surface area contributed by atoms with Gasteiger partial charge < -0.3 is 29.3 Å². The summed E-state index contributed by atoms with van der Waals surface area (Å²) in [5, 5.41) is 24.5. The van der Waals surface area contributed by atoms with Crippen molar-refractivity contribution in [1.29, 1.82) is 0 Å². The highest BCUT2D eigenvalue weighted by Crippen LogP contribution is 2.40. The monoisotopic (exact) mass is 540 g/mol. The van der Waals surface area contributed by atoms with Crippen molar-refractivity contribution < 1.29 is 24.2 Å². The molecule has 0 saturated carbocycles. The number of hydrogen-bond acceptors (Lipinski definition) is 6. The Kier molecular flexibility index (Phi) is 9.46. The Balaban J connectivity index is 1.77. The van der Waals surface area contributed by atoms with E-state index in [2.05, 4.69) is 64.3 Å². The molecule has 0 saturated heterocycles. The lowest BCUT2D eigenvalue weighted by molar-refractivity contribution is 0.0516. The number of ether oxygens (including phenoxy) is 1. The summed E-state index contributed by atoms with van der Waals surface area (Å²) in [6.07, 6.45) is 0.595. The predicted octanol–water partition coefficient (Wildman–Crippen LogP) is 5.84. The summed E-state index contributed by atoms with van der Waals surface area (Å²) in [7, 11) is -0.211. The van der Waals surface area contributed by atoms with Gasteiger partial charge in [-0.15, -0.1) is 0 Å². The number of benzene rings is 2. The Labute approximate surface area is 227 Å². The first-order chi connectivity index (χ1) is 17.8. The lowest BCUT2D eigenvalue weighted by Crippen LogP contribution is -2.44. The second kappa shape index (κ2) is 12.0. The molecule has 0 spiro atoms. The van der Waals surface area contributed by atoms with Gasteiger partial charge in [0, 0.05) is 36.1 Å². The summed E-state index contributed by atoms with van der Waals surface area (Å²) in [6, 6.07) is 13.7. The van der Waals surface area contributed by atoms with Crippen molar-refractivity contribution in [1.82, 2.24) is 9.88 Å². The van der Waals surface area contributed by atoms with E-state index in [9.17, 15) is 15.0 Å². The second-order valence-corrected chi connectivity index (χ2v) is 16.4. The van der Waals surface area contributed by atoms with Crippen LogP contribution in [0.5, 0.6) is 5.75 Å². The molecule has 0 aliphatic rings. The highest BCUT2D eigenvalue weighted by atomic mass is 28.4. The third-order valence-corrected chi connectivity index (χ3v) is 12.2. The first kappa shape index (κ1) is 29.9. The van der Waals surface area contributed by atoms with Gasteiger partial charge in [0.1, 0.15) is 11.4 Å². The van der Waals surface area contributed by atoms with E-state index in [4.69, 9.17) is 9.16 Å². The maximum Gasteiger partial charge on any atom is 0.354 e. The fourth-order valence-electron chi connectivity index (χ4n) is 4.35. The summed E-state index contributed by atoms with van der Waals surface area (Å²) in [5.41, 5.74) is 4.15. The number of carbonyl (C=O) groups excluding carboxylic acids is 1. The van der Waals surface area contributed by atoms with E-state index >= 15 is 0 Å². The molecule has 38 heavy (non-hydrogen) atoms. The van der Waals surface area contributed by atoms with Crippen LogP contribution in [0.25, 0.3) is 10.9 Å². The number of esters is 1. The van der Waals surface area contributed by atoms with Crippen LogP contribution in [0.3, 0.4) is 0 Å². The van der Waals surface area contributed by atoms with Crippen molar-refractivity contribution in [2.75, 3.05) is 13.2 Å². The molecule has 0 aliphatic carbocycles. The number of aromatic nitrogens is 1. The zero-order valence-electron chi connectivity index (χ0n) is 24.1. The normalized spacial score (nSPS) is 14.0. The van der Waals surface area contributed by atoms with Crippen LogP contribution in [-0.2, 0) is 29.2 Å². The van der Waals surface area contributed by atoms with Gasteiger partial charge in [0.05, 0.1) is 19.3 Å². The molecule has 0 fully saturated rings. The minimum absolute atomic E-state index is 0.0428. The Bertz CT molecular complexity index is 1260. The van der Waals surface area contributed by atoms with Gasteiger partial charge in [0.2, 0.25) is 0 Å². The van der Waals surface area contributed by atoms with Gasteiger partial charge in [-0.3, -0.25) is 0 Å². The standard InChI is InChI=1S/C30H44N2O5Si/c1-9-36-29(35)26-17-23-15-21(10-12-25(23)32(26)6)14-20(2)31-18-28(37-38(7,8)30(3,4)5)22-11-13-27(34)24(16-22)19-33/h10-13,15-17,20,28,31,33-34H,9,14,18-19H2,1-8H3/t20-,28+/m1/s1. The van der Waals surface area contributed by atoms with Crippen molar-refractivity contribution in [2.24, 2.45) is 7.05 Å². The van der Waals surface area contributed by atoms with Gasteiger partial charge >= 0.3 is 5.97 Å². The molecule has 2 atom stereocenters. The molecular weight excluding hydrogens is 496 g/mol. The molecule has 0 bridgehead atoms. The molecule has 3 aromatic rings. The van der Waals surface area contributed by atoms with Crippen molar-refractivity contribution in [3.05, 3.63) is 64.8 Å². The first-order valence-electron chi connectivity index (χ1n) is 13.4. The summed E-state index contributed by atoms with van der Waals surface area (Å²) < 4.78 is 13.9. The second-order valence-electron chi connectivity index (χ2n) is 11.6. The molecule has 0 amide bonds. The van der Waals surface area contributed by atoms with Crippen LogP contribution < -0.4 is 5.32 Å². The van der Waals surface area contributed by atoms with Crippen molar-refractivity contribution in [2.45, 2.75) is 77.9 Å². The Morgan fingerprint density at radius 1 is 1.13 bits per heavy atom.